The third-order valence-electron chi connectivity index (χ3n) is 1.77. The van der Waals surface area contributed by atoms with Crippen LogP contribution in [0.4, 0.5) is 5.82 Å². The first-order valence-electron chi connectivity index (χ1n) is 4.07. The van der Waals surface area contributed by atoms with Gasteiger partial charge in [-0.15, -0.1) is 0 Å². The molecule has 0 fully saturated rings. The summed E-state index contributed by atoms with van der Waals surface area (Å²) in [5.41, 5.74) is 0.847. The first kappa shape index (κ1) is 11.0. The monoisotopic (exact) mass is 258 g/mol. The maximum Gasteiger partial charge on any atom is 0.323 e. The smallest absolute Gasteiger partial charge is 0.323 e. The van der Waals surface area contributed by atoms with Crippen molar-refractivity contribution in [1.82, 2.24) is 4.98 Å². The van der Waals surface area contributed by atoms with Crippen molar-refractivity contribution in [2.24, 2.45) is 0 Å². The molecule has 0 aromatic carbocycles. The Hall–Kier alpha value is -1.10. The van der Waals surface area contributed by atoms with E-state index in [-0.39, 0.29) is 6.54 Å². The van der Waals surface area contributed by atoms with E-state index in [9.17, 15) is 4.79 Å². The molecule has 0 spiro atoms. The van der Waals surface area contributed by atoms with Crippen LogP contribution >= 0.6 is 15.9 Å². The third kappa shape index (κ3) is 2.70. The maximum atomic E-state index is 10.5. The lowest BCUT2D eigenvalue weighted by Crippen LogP contribution is -2.26. The molecule has 0 aliphatic rings. The summed E-state index contributed by atoms with van der Waals surface area (Å²) < 4.78 is 0.921. The molecule has 5 heteroatoms. The number of anilines is 1. The van der Waals surface area contributed by atoms with Crippen LogP contribution in [0.5, 0.6) is 0 Å². The van der Waals surface area contributed by atoms with Gasteiger partial charge in [-0.3, -0.25) is 4.79 Å². The van der Waals surface area contributed by atoms with E-state index in [1.165, 1.54) is 0 Å². The normalized spacial score (nSPS) is 9.93. The molecule has 0 radical (unpaired) electrons. The van der Waals surface area contributed by atoms with Gasteiger partial charge < -0.3 is 10.0 Å². The minimum Gasteiger partial charge on any atom is -0.480 e. The number of aromatic nitrogens is 1. The summed E-state index contributed by atoms with van der Waals surface area (Å²) in [6.07, 6.45) is 0. The van der Waals surface area contributed by atoms with Crippen molar-refractivity contribution >= 4 is 27.7 Å². The Balaban J connectivity index is 2.85. The largest absolute Gasteiger partial charge is 0.480 e. The SMILES string of the molecule is Cc1nc(N(C)CC(=O)O)ccc1Br. The van der Waals surface area contributed by atoms with E-state index < -0.39 is 5.97 Å². The number of aliphatic carboxylic acids is 1. The second-order valence-corrected chi connectivity index (χ2v) is 3.84. The number of nitrogens with zero attached hydrogens (tertiary/aromatic N) is 2. The molecule has 0 atom stereocenters. The molecular formula is C9H11BrN2O2. The lowest BCUT2D eigenvalue weighted by atomic mass is 10.3. The Kier molecular flexibility index (Phi) is 3.46. The lowest BCUT2D eigenvalue weighted by molar-refractivity contribution is -0.135. The van der Waals surface area contributed by atoms with Crippen molar-refractivity contribution in [1.29, 1.82) is 0 Å². The third-order valence-corrected chi connectivity index (χ3v) is 2.61. The van der Waals surface area contributed by atoms with E-state index in [1.54, 1.807) is 18.0 Å². The summed E-state index contributed by atoms with van der Waals surface area (Å²) >= 11 is 3.33. The summed E-state index contributed by atoms with van der Waals surface area (Å²) in [5.74, 6) is -0.206. The molecule has 1 aromatic heterocycles. The van der Waals surface area contributed by atoms with Crippen LogP contribution in [0.15, 0.2) is 16.6 Å². The minimum absolute atomic E-state index is 0.0475. The number of likely N-dealkylation sites (N-methyl/N-ethyl adjacent to an activating group) is 1. The molecule has 1 rings (SSSR count). The number of carbonyl (C=O) groups is 1. The van der Waals surface area contributed by atoms with Gasteiger partial charge in [0.2, 0.25) is 0 Å². The number of aryl methyl sites for hydroxylation is 1. The van der Waals surface area contributed by atoms with Crippen molar-refractivity contribution in [2.75, 3.05) is 18.5 Å². The Morgan fingerprint density at radius 2 is 2.29 bits per heavy atom. The zero-order valence-corrected chi connectivity index (χ0v) is 9.58. The zero-order chi connectivity index (χ0) is 10.7. The van der Waals surface area contributed by atoms with E-state index in [4.69, 9.17) is 5.11 Å². The predicted octanol–water partition coefficient (Wildman–Crippen LogP) is 1.67. The van der Waals surface area contributed by atoms with Gasteiger partial charge >= 0.3 is 5.97 Å². The van der Waals surface area contributed by atoms with Gasteiger partial charge in [-0.2, -0.15) is 0 Å². The average molecular weight is 259 g/mol. The number of hydrogen-bond donors (Lipinski definition) is 1. The first-order valence-corrected chi connectivity index (χ1v) is 4.86. The fourth-order valence-electron chi connectivity index (χ4n) is 1.03. The number of carboxylic acid groups (broad SMARTS) is 1. The maximum absolute atomic E-state index is 10.5. The van der Waals surface area contributed by atoms with Crippen LogP contribution in [0.25, 0.3) is 0 Å². The van der Waals surface area contributed by atoms with Gasteiger partial charge in [0.25, 0.3) is 0 Å². The molecule has 1 N–H and O–H groups in total. The number of hydrogen-bond acceptors (Lipinski definition) is 3. The first-order chi connectivity index (χ1) is 6.50. The van der Waals surface area contributed by atoms with Gasteiger partial charge in [0.1, 0.15) is 12.4 Å². The molecule has 14 heavy (non-hydrogen) atoms. The number of halogens is 1. The van der Waals surface area contributed by atoms with Crippen LogP contribution < -0.4 is 4.90 Å². The second-order valence-electron chi connectivity index (χ2n) is 2.99. The fraction of sp³-hybridized carbons (Fsp3) is 0.333. The molecule has 76 valence electrons. The van der Waals surface area contributed by atoms with E-state index in [0.717, 1.165) is 10.2 Å². The summed E-state index contributed by atoms with van der Waals surface area (Å²) in [7, 11) is 1.70. The molecule has 0 aliphatic carbocycles. The minimum atomic E-state index is -0.866. The Labute approximate surface area is 90.7 Å². The second kappa shape index (κ2) is 4.41. The van der Waals surface area contributed by atoms with Crippen LogP contribution in [0, 0.1) is 6.92 Å². The van der Waals surface area contributed by atoms with Gasteiger partial charge in [0, 0.05) is 11.5 Å². The zero-order valence-electron chi connectivity index (χ0n) is 7.99. The molecule has 0 amide bonds. The van der Waals surface area contributed by atoms with Gasteiger partial charge in [0.15, 0.2) is 0 Å². The van der Waals surface area contributed by atoms with Crippen molar-refractivity contribution in [3.63, 3.8) is 0 Å². The summed E-state index contributed by atoms with van der Waals surface area (Å²) in [6.45, 7) is 1.82. The van der Waals surface area contributed by atoms with E-state index in [2.05, 4.69) is 20.9 Å². The van der Waals surface area contributed by atoms with Crippen LogP contribution in [-0.4, -0.2) is 29.7 Å². The number of pyridine rings is 1. The Morgan fingerprint density at radius 1 is 1.64 bits per heavy atom. The highest BCUT2D eigenvalue weighted by molar-refractivity contribution is 9.10. The van der Waals surface area contributed by atoms with E-state index >= 15 is 0 Å². The van der Waals surface area contributed by atoms with Crippen LogP contribution in [0.1, 0.15) is 5.69 Å². The molecule has 1 aromatic rings. The van der Waals surface area contributed by atoms with Crippen molar-refractivity contribution < 1.29 is 9.90 Å². The topological polar surface area (TPSA) is 53.4 Å². The summed E-state index contributed by atoms with van der Waals surface area (Å²) in [6, 6.07) is 3.63. The predicted molar refractivity (Wildman–Crippen MR) is 57.6 cm³/mol. The molecule has 0 saturated heterocycles. The highest BCUT2D eigenvalue weighted by Crippen LogP contribution is 2.17. The quantitative estimate of drug-likeness (QED) is 0.897. The highest BCUT2D eigenvalue weighted by Gasteiger charge is 2.07. The molecule has 0 bridgehead atoms. The number of rotatable bonds is 3. The van der Waals surface area contributed by atoms with Gasteiger partial charge in [0.05, 0.1) is 5.69 Å². The van der Waals surface area contributed by atoms with E-state index in [1.807, 2.05) is 13.0 Å². The number of carboxylic acids is 1. The van der Waals surface area contributed by atoms with Crippen LogP contribution in [0.3, 0.4) is 0 Å². The Morgan fingerprint density at radius 3 is 2.79 bits per heavy atom. The van der Waals surface area contributed by atoms with Gasteiger partial charge in [-0.25, -0.2) is 4.98 Å². The molecule has 0 aliphatic heterocycles. The molecule has 0 unspecified atom stereocenters. The molecular weight excluding hydrogens is 248 g/mol. The molecule has 1 heterocycles. The standard InChI is InChI=1S/C9H11BrN2O2/c1-6-7(10)3-4-8(11-6)12(2)5-9(13)14/h3-4H,5H2,1-2H3,(H,13,14). The lowest BCUT2D eigenvalue weighted by Gasteiger charge is -2.15. The summed E-state index contributed by atoms with van der Waals surface area (Å²) in [4.78, 5) is 16.3. The highest BCUT2D eigenvalue weighted by atomic mass is 79.9. The average Bonchev–Trinajstić information content (AvgIpc) is 2.08. The van der Waals surface area contributed by atoms with Crippen LogP contribution in [-0.2, 0) is 4.79 Å². The van der Waals surface area contributed by atoms with Crippen LogP contribution in [0.2, 0.25) is 0 Å². The van der Waals surface area contributed by atoms with Gasteiger partial charge in [-0.05, 0) is 35.0 Å². The van der Waals surface area contributed by atoms with E-state index in [0.29, 0.717) is 5.82 Å². The fourth-order valence-corrected chi connectivity index (χ4v) is 1.25. The van der Waals surface area contributed by atoms with Crippen molar-refractivity contribution in [2.45, 2.75) is 6.92 Å². The van der Waals surface area contributed by atoms with Crippen molar-refractivity contribution in [3.8, 4) is 0 Å². The molecule has 4 nitrogen and oxygen atoms in total. The Bertz CT molecular complexity index is 355. The summed E-state index contributed by atoms with van der Waals surface area (Å²) in [5, 5.41) is 8.59. The van der Waals surface area contributed by atoms with Crippen molar-refractivity contribution in [3.05, 3.63) is 22.3 Å². The van der Waals surface area contributed by atoms with Gasteiger partial charge in [-0.1, -0.05) is 0 Å². The molecule has 0 saturated carbocycles.